The van der Waals surface area contributed by atoms with Crippen molar-refractivity contribution in [3.8, 4) is 0 Å². The van der Waals surface area contributed by atoms with Crippen molar-refractivity contribution in [1.82, 2.24) is 0 Å². The van der Waals surface area contributed by atoms with Gasteiger partial charge in [-0.05, 0) is 12.8 Å². The zero-order chi connectivity index (χ0) is 7.07. The van der Waals surface area contributed by atoms with Gasteiger partial charge in [-0.3, -0.25) is 0 Å². The Morgan fingerprint density at radius 3 is 0.688 bits per heavy atom. The third-order valence-corrected chi connectivity index (χ3v) is 1.31. The summed E-state index contributed by atoms with van der Waals surface area (Å²) in [5.74, 6) is 0. The van der Waals surface area contributed by atoms with E-state index in [-0.39, 0.29) is 103 Å². The standard InChI is InChI=1S/2C5H6.5BrH.V/c2*1-2-4-5-3-1;;;;;;/h2*1-4H,5H2;5*1H;/q;;;;;;;+5/p-5. The van der Waals surface area contributed by atoms with Gasteiger partial charge in [-0.15, -0.1) is 0 Å². The number of rotatable bonds is 0. The van der Waals surface area contributed by atoms with Crippen LogP contribution in [0, 0.1) is 0 Å². The van der Waals surface area contributed by atoms with Crippen molar-refractivity contribution >= 4 is 0 Å². The molecule has 0 heterocycles. The Kier molecular flexibility index (Phi) is 68.1. The zero-order valence-electron chi connectivity index (χ0n) is 8.37. The predicted octanol–water partition coefficient (Wildman–Crippen LogP) is -12.0. The van der Waals surface area contributed by atoms with Crippen LogP contribution in [0.5, 0.6) is 0 Å². The molecule has 0 aromatic heterocycles. The molecule has 0 atom stereocenters. The Hall–Kier alpha value is 1.94. The fourth-order valence-electron chi connectivity index (χ4n) is 0.786. The van der Waals surface area contributed by atoms with Crippen LogP contribution < -0.4 is 84.9 Å². The molecule has 6 heteroatoms. The van der Waals surface area contributed by atoms with Gasteiger partial charge in [0.2, 0.25) is 0 Å². The van der Waals surface area contributed by atoms with E-state index in [0.29, 0.717) is 0 Å². The van der Waals surface area contributed by atoms with Gasteiger partial charge < -0.3 is 84.9 Å². The summed E-state index contributed by atoms with van der Waals surface area (Å²) in [6, 6.07) is 0. The van der Waals surface area contributed by atoms with E-state index in [1.807, 2.05) is 0 Å². The van der Waals surface area contributed by atoms with Crippen molar-refractivity contribution in [2.24, 2.45) is 0 Å². The molecule has 0 saturated heterocycles. The summed E-state index contributed by atoms with van der Waals surface area (Å²) in [4.78, 5) is 0. The molecular weight excluding hydrogens is 571 g/mol. The predicted molar refractivity (Wildman–Crippen MR) is 45.8 cm³/mol. The second kappa shape index (κ2) is 30.2. The van der Waals surface area contributed by atoms with Crippen molar-refractivity contribution in [1.29, 1.82) is 0 Å². The summed E-state index contributed by atoms with van der Waals surface area (Å²) in [7, 11) is 0. The molecule has 2 rings (SSSR count). The fraction of sp³-hybridized carbons (Fsp3) is 0.200. The maximum absolute atomic E-state index is 2.12. The van der Waals surface area contributed by atoms with Gasteiger partial charge in [-0.1, -0.05) is 48.6 Å². The smallest absolute Gasteiger partial charge is 1.00 e. The van der Waals surface area contributed by atoms with E-state index < -0.39 is 0 Å². The van der Waals surface area contributed by atoms with Crippen LogP contribution in [0.15, 0.2) is 48.6 Å². The fourth-order valence-corrected chi connectivity index (χ4v) is 0.786. The van der Waals surface area contributed by atoms with Crippen LogP contribution in [-0.2, 0) is 18.6 Å². The minimum absolute atomic E-state index is 0. The molecule has 0 amide bonds. The molecule has 0 N–H and O–H groups in total. The van der Waals surface area contributed by atoms with Gasteiger partial charge in [0, 0.05) is 0 Å². The topological polar surface area (TPSA) is 0 Å². The number of hydrogen-bond acceptors (Lipinski definition) is 0. The Bertz CT molecular complexity index is 157. The molecule has 0 radical (unpaired) electrons. The summed E-state index contributed by atoms with van der Waals surface area (Å²) in [5.41, 5.74) is 0. The monoisotopic (exact) mass is 578 g/mol. The van der Waals surface area contributed by atoms with E-state index >= 15 is 0 Å². The van der Waals surface area contributed by atoms with Gasteiger partial charge in [0.1, 0.15) is 0 Å². The first-order chi connectivity index (χ1) is 5.00. The van der Waals surface area contributed by atoms with Gasteiger partial charge in [-0.2, -0.15) is 0 Å². The molecule has 0 saturated carbocycles. The van der Waals surface area contributed by atoms with E-state index in [4.69, 9.17) is 0 Å². The van der Waals surface area contributed by atoms with Crippen LogP contribution in [0.25, 0.3) is 0 Å². The van der Waals surface area contributed by atoms with Crippen molar-refractivity contribution in [3.05, 3.63) is 48.6 Å². The molecule has 0 aromatic carbocycles. The van der Waals surface area contributed by atoms with Crippen molar-refractivity contribution < 1.29 is 103 Å². The molecule has 0 spiro atoms. The number of allylic oxidation sites excluding steroid dienone is 8. The minimum Gasteiger partial charge on any atom is -1.00 e. The van der Waals surface area contributed by atoms with E-state index in [1.165, 1.54) is 0 Å². The molecule has 0 fully saturated rings. The van der Waals surface area contributed by atoms with Gasteiger partial charge in [-0.25, -0.2) is 0 Å². The number of halogens is 5. The third kappa shape index (κ3) is 25.0. The Labute approximate surface area is 163 Å². The summed E-state index contributed by atoms with van der Waals surface area (Å²) < 4.78 is 0. The largest absolute Gasteiger partial charge is 5.00 e. The first-order valence-electron chi connectivity index (χ1n) is 3.63. The van der Waals surface area contributed by atoms with Crippen molar-refractivity contribution in [2.45, 2.75) is 12.8 Å². The second-order valence-electron chi connectivity index (χ2n) is 2.18. The Morgan fingerprint density at radius 1 is 0.438 bits per heavy atom. The average Bonchev–Trinajstić information content (AvgIpc) is 2.67. The number of hydrogen-bond donors (Lipinski definition) is 0. The molecule has 0 aromatic rings. The van der Waals surface area contributed by atoms with Crippen molar-refractivity contribution in [3.63, 3.8) is 0 Å². The quantitative estimate of drug-likeness (QED) is 0.267. The maximum Gasteiger partial charge on any atom is 5.00 e. The van der Waals surface area contributed by atoms with Crippen LogP contribution in [0.1, 0.15) is 12.8 Å². The minimum atomic E-state index is 0. The SMILES string of the molecule is C1=CCC=C1.C1=CCC=C1.[Br-].[Br-].[Br-].[Br-].[Br-].[V+5]. The molecular formula is C10H12Br5V. The molecule has 0 bridgehead atoms. The van der Waals surface area contributed by atoms with Crippen LogP contribution in [0.3, 0.4) is 0 Å². The first-order valence-corrected chi connectivity index (χ1v) is 3.63. The molecule has 2 aliphatic rings. The zero-order valence-corrected chi connectivity index (χ0v) is 17.7. The van der Waals surface area contributed by atoms with E-state index in [9.17, 15) is 0 Å². The normalized spacial score (nSPS) is 11.0. The van der Waals surface area contributed by atoms with Gasteiger partial charge in [0.05, 0.1) is 0 Å². The van der Waals surface area contributed by atoms with Gasteiger partial charge in [0.15, 0.2) is 0 Å². The summed E-state index contributed by atoms with van der Waals surface area (Å²) in [6.45, 7) is 0. The van der Waals surface area contributed by atoms with Crippen LogP contribution in [0.4, 0.5) is 0 Å². The molecule has 2 aliphatic carbocycles. The van der Waals surface area contributed by atoms with E-state index in [0.717, 1.165) is 12.8 Å². The maximum atomic E-state index is 2.12. The van der Waals surface area contributed by atoms with Crippen LogP contribution >= 0.6 is 0 Å². The molecule has 92 valence electrons. The van der Waals surface area contributed by atoms with Gasteiger partial charge >= 0.3 is 18.6 Å². The first kappa shape index (κ1) is 36.1. The third-order valence-electron chi connectivity index (χ3n) is 1.31. The molecule has 16 heavy (non-hydrogen) atoms. The van der Waals surface area contributed by atoms with Crippen LogP contribution in [-0.4, -0.2) is 0 Å². The summed E-state index contributed by atoms with van der Waals surface area (Å²) >= 11 is 0. The summed E-state index contributed by atoms with van der Waals surface area (Å²) in [6.07, 6.45) is 19.0. The molecule has 0 aliphatic heterocycles. The molecule has 0 nitrogen and oxygen atoms in total. The summed E-state index contributed by atoms with van der Waals surface area (Å²) in [5, 5.41) is 0. The van der Waals surface area contributed by atoms with Gasteiger partial charge in [0.25, 0.3) is 0 Å². The van der Waals surface area contributed by atoms with Crippen LogP contribution in [0.2, 0.25) is 0 Å². The molecule has 0 unspecified atom stereocenters. The van der Waals surface area contributed by atoms with Crippen molar-refractivity contribution in [2.75, 3.05) is 0 Å². The van der Waals surface area contributed by atoms with E-state index in [2.05, 4.69) is 48.6 Å². The van der Waals surface area contributed by atoms with E-state index in [1.54, 1.807) is 0 Å². The average molecular weight is 583 g/mol. The second-order valence-corrected chi connectivity index (χ2v) is 2.18. The Balaban J connectivity index is -0.0000000227. The Morgan fingerprint density at radius 2 is 0.625 bits per heavy atom.